The molecule has 1 aromatic carbocycles. The van der Waals surface area contributed by atoms with Crippen LogP contribution in [0.5, 0.6) is 0 Å². The number of aromatic nitrogens is 1. The van der Waals surface area contributed by atoms with Crippen molar-refractivity contribution in [3.63, 3.8) is 0 Å². The molecule has 0 saturated carbocycles. The van der Waals surface area contributed by atoms with Gasteiger partial charge in [-0.2, -0.15) is 0 Å². The van der Waals surface area contributed by atoms with Crippen LogP contribution in [-0.4, -0.2) is 72.5 Å². The van der Waals surface area contributed by atoms with Gasteiger partial charge in [0.2, 0.25) is 5.88 Å². The topological polar surface area (TPSA) is 56.0 Å². The van der Waals surface area contributed by atoms with Crippen molar-refractivity contribution in [2.45, 2.75) is 39.3 Å². The Morgan fingerprint density at radius 1 is 1.14 bits per heavy atom. The van der Waals surface area contributed by atoms with E-state index in [1.807, 2.05) is 25.1 Å². The van der Waals surface area contributed by atoms with E-state index in [0.717, 1.165) is 74.8 Å². The fraction of sp³-hybridized carbons (Fsp3) is 0.591. The molecule has 1 saturated heterocycles. The number of aliphatic hydroxyl groups is 1. The SMILES string of the molecule is CCCN(Cc1c(-c2ccccc2)noc1N1CCN(C)CC1)CC(O)CC. The Morgan fingerprint density at radius 3 is 2.50 bits per heavy atom. The number of nitrogens with zero attached hydrogens (tertiary/aromatic N) is 4. The summed E-state index contributed by atoms with van der Waals surface area (Å²) in [6.45, 7) is 10.5. The number of likely N-dealkylation sites (N-methyl/N-ethyl adjacent to an activating group) is 1. The largest absolute Gasteiger partial charge is 0.392 e. The first-order valence-corrected chi connectivity index (χ1v) is 10.5. The van der Waals surface area contributed by atoms with Crippen molar-refractivity contribution in [3.8, 4) is 11.3 Å². The lowest BCUT2D eigenvalue weighted by Gasteiger charge is -2.33. The molecule has 0 spiro atoms. The predicted molar refractivity (Wildman–Crippen MR) is 114 cm³/mol. The highest BCUT2D eigenvalue weighted by atomic mass is 16.5. The van der Waals surface area contributed by atoms with Gasteiger partial charge in [-0.3, -0.25) is 4.90 Å². The summed E-state index contributed by atoms with van der Waals surface area (Å²) in [5.74, 6) is 0.888. The van der Waals surface area contributed by atoms with E-state index in [1.165, 1.54) is 0 Å². The van der Waals surface area contributed by atoms with Gasteiger partial charge in [-0.1, -0.05) is 49.3 Å². The van der Waals surface area contributed by atoms with Crippen LogP contribution in [0.25, 0.3) is 11.3 Å². The quantitative estimate of drug-likeness (QED) is 0.715. The van der Waals surface area contributed by atoms with Gasteiger partial charge in [0.1, 0.15) is 5.69 Å². The normalized spacial score (nSPS) is 16.7. The summed E-state index contributed by atoms with van der Waals surface area (Å²) in [4.78, 5) is 6.98. The number of hydrogen-bond donors (Lipinski definition) is 1. The summed E-state index contributed by atoms with van der Waals surface area (Å²) < 4.78 is 5.90. The first-order valence-electron chi connectivity index (χ1n) is 10.5. The molecule has 1 atom stereocenters. The molecule has 28 heavy (non-hydrogen) atoms. The first kappa shape index (κ1) is 20.8. The van der Waals surface area contributed by atoms with E-state index >= 15 is 0 Å². The Labute approximate surface area is 168 Å². The summed E-state index contributed by atoms with van der Waals surface area (Å²) in [7, 11) is 2.16. The van der Waals surface area contributed by atoms with E-state index in [1.54, 1.807) is 0 Å². The molecule has 6 nitrogen and oxygen atoms in total. The first-order chi connectivity index (χ1) is 13.6. The monoisotopic (exact) mass is 386 g/mol. The average Bonchev–Trinajstić information content (AvgIpc) is 3.12. The maximum absolute atomic E-state index is 10.2. The zero-order chi connectivity index (χ0) is 19.9. The van der Waals surface area contributed by atoms with E-state index in [-0.39, 0.29) is 6.10 Å². The summed E-state index contributed by atoms with van der Waals surface area (Å²) in [5, 5.41) is 14.7. The molecular weight excluding hydrogens is 352 g/mol. The van der Waals surface area contributed by atoms with Crippen LogP contribution >= 0.6 is 0 Å². The van der Waals surface area contributed by atoms with E-state index in [2.05, 4.69) is 46.0 Å². The smallest absolute Gasteiger partial charge is 0.232 e. The fourth-order valence-electron chi connectivity index (χ4n) is 3.73. The zero-order valence-electron chi connectivity index (χ0n) is 17.5. The number of anilines is 1. The average molecular weight is 387 g/mol. The highest BCUT2D eigenvalue weighted by molar-refractivity contribution is 5.68. The van der Waals surface area contributed by atoms with Gasteiger partial charge in [0.15, 0.2) is 0 Å². The predicted octanol–water partition coefficient (Wildman–Crippen LogP) is 3.08. The van der Waals surface area contributed by atoms with Gasteiger partial charge in [-0.15, -0.1) is 0 Å². The summed E-state index contributed by atoms with van der Waals surface area (Å²) >= 11 is 0. The Morgan fingerprint density at radius 2 is 1.86 bits per heavy atom. The van der Waals surface area contributed by atoms with Crippen LogP contribution in [0.15, 0.2) is 34.9 Å². The van der Waals surface area contributed by atoms with Gasteiger partial charge >= 0.3 is 0 Å². The van der Waals surface area contributed by atoms with Crippen molar-refractivity contribution in [1.29, 1.82) is 0 Å². The lowest BCUT2D eigenvalue weighted by molar-refractivity contribution is 0.105. The highest BCUT2D eigenvalue weighted by Crippen LogP contribution is 2.33. The molecule has 2 aromatic rings. The van der Waals surface area contributed by atoms with Gasteiger partial charge < -0.3 is 19.4 Å². The number of aliphatic hydroxyl groups excluding tert-OH is 1. The van der Waals surface area contributed by atoms with E-state index in [4.69, 9.17) is 4.52 Å². The van der Waals surface area contributed by atoms with Gasteiger partial charge in [0.25, 0.3) is 0 Å². The maximum atomic E-state index is 10.2. The molecule has 2 heterocycles. The van der Waals surface area contributed by atoms with Gasteiger partial charge in [0.05, 0.1) is 11.7 Å². The van der Waals surface area contributed by atoms with Gasteiger partial charge in [0, 0.05) is 44.8 Å². The third-order valence-corrected chi connectivity index (χ3v) is 5.47. The lowest BCUT2D eigenvalue weighted by Crippen LogP contribution is -2.44. The van der Waals surface area contributed by atoms with Crippen molar-refractivity contribution in [1.82, 2.24) is 15.0 Å². The third kappa shape index (κ3) is 5.13. The molecule has 1 N–H and O–H groups in total. The van der Waals surface area contributed by atoms with Crippen LogP contribution in [0.3, 0.4) is 0 Å². The molecule has 1 unspecified atom stereocenters. The number of piperazine rings is 1. The standard InChI is InChI=1S/C22H34N4O2/c1-4-11-25(16-19(27)5-2)17-20-21(18-9-7-6-8-10-18)23-28-22(20)26-14-12-24(3)13-15-26/h6-10,19,27H,4-5,11-17H2,1-3H3. The van der Waals surface area contributed by atoms with Crippen molar-refractivity contribution in [2.24, 2.45) is 0 Å². The lowest BCUT2D eigenvalue weighted by atomic mass is 10.1. The number of benzene rings is 1. The van der Waals surface area contributed by atoms with Crippen molar-refractivity contribution in [3.05, 3.63) is 35.9 Å². The Kier molecular flexibility index (Phi) is 7.48. The molecule has 6 heteroatoms. The van der Waals surface area contributed by atoms with Crippen LogP contribution in [0, 0.1) is 0 Å². The van der Waals surface area contributed by atoms with Crippen LogP contribution in [0.2, 0.25) is 0 Å². The highest BCUT2D eigenvalue weighted by Gasteiger charge is 2.26. The molecule has 0 aliphatic carbocycles. The maximum Gasteiger partial charge on any atom is 0.232 e. The molecule has 0 amide bonds. The van der Waals surface area contributed by atoms with E-state index in [0.29, 0.717) is 6.54 Å². The van der Waals surface area contributed by atoms with E-state index in [9.17, 15) is 5.11 Å². The summed E-state index contributed by atoms with van der Waals surface area (Å²) in [5.41, 5.74) is 3.13. The molecule has 1 aliphatic rings. The Hall–Kier alpha value is -1.89. The molecule has 0 radical (unpaired) electrons. The molecule has 0 bridgehead atoms. The Balaban J connectivity index is 1.91. The number of hydrogen-bond acceptors (Lipinski definition) is 6. The van der Waals surface area contributed by atoms with E-state index < -0.39 is 0 Å². The molecular formula is C22H34N4O2. The van der Waals surface area contributed by atoms with Crippen molar-refractivity contribution >= 4 is 5.88 Å². The second-order valence-corrected chi connectivity index (χ2v) is 7.77. The fourth-order valence-corrected chi connectivity index (χ4v) is 3.73. The van der Waals surface area contributed by atoms with Crippen LogP contribution in [0.1, 0.15) is 32.3 Å². The van der Waals surface area contributed by atoms with Gasteiger partial charge in [-0.05, 0) is 26.4 Å². The Bertz CT molecular complexity index is 711. The molecule has 154 valence electrons. The summed E-state index contributed by atoms with van der Waals surface area (Å²) in [6, 6.07) is 10.3. The molecule has 1 fully saturated rings. The minimum atomic E-state index is -0.307. The number of rotatable bonds is 9. The zero-order valence-corrected chi connectivity index (χ0v) is 17.5. The van der Waals surface area contributed by atoms with Crippen molar-refractivity contribution < 1.29 is 9.63 Å². The van der Waals surface area contributed by atoms with Crippen molar-refractivity contribution in [2.75, 3.05) is 51.2 Å². The van der Waals surface area contributed by atoms with Crippen LogP contribution in [0.4, 0.5) is 5.88 Å². The minimum absolute atomic E-state index is 0.307. The molecule has 1 aromatic heterocycles. The van der Waals surface area contributed by atoms with Gasteiger partial charge in [-0.25, -0.2) is 0 Å². The van der Waals surface area contributed by atoms with Crippen LogP contribution < -0.4 is 4.90 Å². The minimum Gasteiger partial charge on any atom is -0.392 e. The second-order valence-electron chi connectivity index (χ2n) is 7.77. The summed E-state index contributed by atoms with van der Waals surface area (Å²) in [6.07, 6.45) is 1.51. The third-order valence-electron chi connectivity index (χ3n) is 5.47. The van der Waals surface area contributed by atoms with Crippen LogP contribution in [-0.2, 0) is 6.54 Å². The second kappa shape index (κ2) is 10.0. The molecule has 1 aliphatic heterocycles. The molecule has 3 rings (SSSR count).